The van der Waals surface area contributed by atoms with Gasteiger partial charge in [-0.2, -0.15) is 13.2 Å². The van der Waals surface area contributed by atoms with E-state index in [0.717, 1.165) is 0 Å². The Labute approximate surface area is 157 Å². The predicted octanol–water partition coefficient (Wildman–Crippen LogP) is 3.57. The van der Waals surface area contributed by atoms with E-state index in [1.54, 1.807) is 0 Å². The molecule has 3 rings (SSSR count). The third kappa shape index (κ3) is 6.00. The van der Waals surface area contributed by atoms with Crippen molar-refractivity contribution < 1.29 is 22.7 Å². The molecule has 2 amide bonds. The van der Waals surface area contributed by atoms with Gasteiger partial charge in [-0.3, -0.25) is 0 Å². The first kappa shape index (κ1) is 19.2. The average Bonchev–Trinajstić information content (AvgIpc) is 2.63. The van der Waals surface area contributed by atoms with E-state index in [9.17, 15) is 18.0 Å². The van der Waals surface area contributed by atoms with Crippen LogP contribution in [0.4, 0.5) is 35.3 Å². The number of morpholine rings is 1. The zero-order valence-electron chi connectivity index (χ0n) is 14.0. The molecule has 2 heterocycles. The molecule has 0 spiro atoms. The summed E-state index contributed by atoms with van der Waals surface area (Å²) in [5.74, 6) is 0.557. The van der Waals surface area contributed by atoms with Gasteiger partial charge in [-0.1, -0.05) is 0 Å². The molecule has 1 aliphatic heterocycles. The quantitative estimate of drug-likeness (QED) is 0.766. The second-order valence-electron chi connectivity index (χ2n) is 5.52. The van der Waals surface area contributed by atoms with Gasteiger partial charge in [0.15, 0.2) is 0 Å². The Morgan fingerprint density at radius 2 is 1.63 bits per heavy atom. The van der Waals surface area contributed by atoms with E-state index in [1.165, 1.54) is 36.7 Å². The highest BCUT2D eigenvalue weighted by Gasteiger charge is 2.29. The fourth-order valence-electron chi connectivity index (χ4n) is 2.35. The molecule has 0 atom stereocenters. The summed E-state index contributed by atoms with van der Waals surface area (Å²) in [4.78, 5) is 22.4. The Bertz CT molecular complexity index is 765. The van der Waals surface area contributed by atoms with E-state index < -0.39 is 11.5 Å². The summed E-state index contributed by atoms with van der Waals surface area (Å²) in [6, 6.07) is 4.81. The highest BCUT2D eigenvalue weighted by atomic mass is 32.2. The molecule has 1 aromatic heterocycles. The first-order valence-corrected chi connectivity index (χ1v) is 8.79. The molecule has 7 nitrogen and oxygen atoms in total. The zero-order valence-corrected chi connectivity index (χ0v) is 14.8. The van der Waals surface area contributed by atoms with Crippen molar-refractivity contribution in [3.63, 3.8) is 0 Å². The van der Waals surface area contributed by atoms with Gasteiger partial charge in [0.25, 0.3) is 0 Å². The second kappa shape index (κ2) is 8.44. The van der Waals surface area contributed by atoms with Crippen LogP contribution in [0.15, 0.2) is 41.6 Å². The van der Waals surface area contributed by atoms with Crippen LogP contribution in [0.2, 0.25) is 0 Å². The van der Waals surface area contributed by atoms with Crippen LogP contribution in [-0.2, 0) is 4.74 Å². The highest BCUT2D eigenvalue weighted by Crippen LogP contribution is 2.37. The maximum Gasteiger partial charge on any atom is 0.446 e. The minimum Gasteiger partial charge on any atom is -0.378 e. The molecular formula is C16H16F3N5O2S. The number of hydrogen-bond acceptors (Lipinski definition) is 6. The van der Waals surface area contributed by atoms with Gasteiger partial charge in [-0.15, -0.1) is 0 Å². The van der Waals surface area contributed by atoms with Crippen LogP contribution in [0.1, 0.15) is 0 Å². The Hall–Kier alpha value is -2.53. The average molecular weight is 399 g/mol. The zero-order chi connectivity index (χ0) is 19.3. The lowest BCUT2D eigenvalue weighted by molar-refractivity contribution is -0.0328. The number of rotatable bonds is 4. The smallest absolute Gasteiger partial charge is 0.378 e. The molecule has 0 aliphatic carbocycles. The number of urea groups is 1. The summed E-state index contributed by atoms with van der Waals surface area (Å²) in [6.07, 6.45) is 2.97. The van der Waals surface area contributed by atoms with Gasteiger partial charge in [-0.05, 0) is 36.0 Å². The number of halogens is 3. The monoisotopic (exact) mass is 399 g/mol. The topological polar surface area (TPSA) is 79.4 Å². The van der Waals surface area contributed by atoms with Crippen molar-refractivity contribution in [3.05, 3.63) is 36.7 Å². The SMILES string of the molecule is O=C(Nc1ccc(SC(F)(F)F)cc1)Nc1cnc(N2CCOCC2)nc1. The number of thioether (sulfide) groups is 1. The van der Waals surface area contributed by atoms with E-state index in [4.69, 9.17) is 4.74 Å². The number of nitrogens with zero attached hydrogens (tertiary/aromatic N) is 3. The first-order chi connectivity index (χ1) is 12.9. The summed E-state index contributed by atoms with van der Waals surface area (Å²) >= 11 is -0.213. The minimum atomic E-state index is -4.35. The van der Waals surface area contributed by atoms with Gasteiger partial charge in [0.2, 0.25) is 5.95 Å². The van der Waals surface area contributed by atoms with E-state index in [-0.39, 0.29) is 16.7 Å². The van der Waals surface area contributed by atoms with E-state index in [0.29, 0.717) is 43.6 Å². The molecule has 11 heteroatoms. The molecule has 0 unspecified atom stereocenters. The van der Waals surface area contributed by atoms with Gasteiger partial charge in [0.05, 0.1) is 31.3 Å². The molecule has 2 aromatic rings. The molecular weight excluding hydrogens is 383 g/mol. The maximum atomic E-state index is 12.3. The third-order valence-electron chi connectivity index (χ3n) is 3.54. The van der Waals surface area contributed by atoms with Gasteiger partial charge < -0.3 is 20.3 Å². The number of ether oxygens (including phenoxy) is 1. The van der Waals surface area contributed by atoms with Crippen molar-refractivity contribution in [3.8, 4) is 0 Å². The van der Waals surface area contributed by atoms with Crippen LogP contribution in [0.25, 0.3) is 0 Å². The molecule has 0 saturated carbocycles. The van der Waals surface area contributed by atoms with Crippen molar-refractivity contribution in [2.75, 3.05) is 41.8 Å². The number of carbonyl (C=O) groups excluding carboxylic acids is 1. The Kier molecular flexibility index (Phi) is 6.01. The standard InChI is InChI=1S/C16H16F3N5O2S/c17-16(18,19)27-13-3-1-11(2-4-13)22-15(25)23-12-9-20-14(21-10-12)24-5-7-26-8-6-24/h1-4,9-10H,5-8H2,(H2,22,23,25). The molecule has 1 fully saturated rings. The van der Waals surface area contributed by atoms with Crippen molar-refractivity contribution in [1.82, 2.24) is 9.97 Å². The van der Waals surface area contributed by atoms with Crippen LogP contribution < -0.4 is 15.5 Å². The molecule has 0 radical (unpaired) electrons. The minimum absolute atomic E-state index is 0.0422. The molecule has 1 saturated heterocycles. The number of aromatic nitrogens is 2. The summed E-state index contributed by atoms with van der Waals surface area (Å²) in [7, 11) is 0. The van der Waals surface area contributed by atoms with Gasteiger partial charge in [-0.25, -0.2) is 14.8 Å². The number of anilines is 3. The molecule has 1 aromatic carbocycles. The maximum absolute atomic E-state index is 12.3. The lowest BCUT2D eigenvalue weighted by Crippen LogP contribution is -2.37. The number of nitrogens with one attached hydrogen (secondary N) is 2. The second-order valence-corrected chi connectivity index (χ2v) is 6.66. The predicted molar refractivity (Wildman–Crippen MR) is 96.1 cm³/mol. The van der Waals surface area contributed by atoms with Crippen molar-refractivity contribution in [2.24, 2.45) is 0 Å². The van der Waals surface area contributed by atoms with Gasteiger partial charge in [0, 0.05) is 23.7 Å². The van der Waals surface area contributed by atoms with Crippen LogP contribution >= 0.6 is 11.8 Å². The molecule has 0 bridgehead atoms. The van der Waals surface area contributed by atoms with Crippen LogP contribution in [0.3, 0.4) is 0 Å². The fraction of sp³-hybridized carbons (Fsp3) is 0.312. The third-order valence-corrected chi connectivity index (χ3v) is 4.28. The molecule has 2 N–H and O–H groups in total. The Morgan fingerprint density at radius 3 is 2.22 bits per heavy atom. The summed E-state index contributed by atoms with van der Waals surface area (Å²) in [6.45, 7) is 2.64. The largest absolute Gasteiger partial charge is 0.446 e. The first-order valence-electron chi connectivity index (χ1n) is 7.98. The van der Waals surface area contributed by atoms with Gasteiger partial charge in [0.1, 0.15) is 0 Å². The highest BCUT2D eigenvalue weighted by molar-refractivity contribution is 8.00. The van der Waals surface area contributed by atoms with Crippen LogP contribution in [-0.4, -0.2) is 47.8 Å². The molecule has 27 heavy (non-hydrogen) atoms. The number of carbonyl (C=O) groups is 1. The normalized spacial score (nSPS) is 14.7. The van der Waals surface area contributed by atoms with Gasteiger partial charge >= 0.3 is 11.5 Å². The van der Waals surface area contributed by atoms with E-state index in [2.05, 4.69) is 20.6 Å². The Morgan fingerprint density at radius 1 is 1.04 bits per heavy atom. The Balaban J connectivity index is 1.53. The summed E-state index contributed by atoms with van der Waals surface area (Å²) < 4.78 is 42.2. The van der Waals surface area contributed by atoms with Crippen molar-refractivity contribution in [2.45, 2.75) is 10.4 Å². The van der Waals surface area contributed by atoms with E-state index in [1.807, 2.05) is 4.90 Å². The number of amides is 2. The summed E-state index contributed by atoms with van der Waals surface area (Å²) in [5, 5.41) is 5.11. The molecule has 1 aliphatic rings. The van der Waals surface area contributed by atoms with Crippen molar-refractivity contribution >= 4 is 35.1 Å². The molecule has 144 valence electrons. The van der Waals surface area contributed by atoms with E-state index >= 15 is 0 Å². The van der Waals surface area contributed by atoms with Crippen LogP contribution in [0, 0.1) is 0 Å². The lowest BCUT2D eigenvalue weighted by atomic mass is 10.3. The van der Waals surface area contributed by atoms with Crippen molar-refractivity contribution in [1.29, 1.82) is 0 Å². The number of hydrogen-bond donors (Lipinski definition) is 2. The number of benzene rings is 1. The van der Waals surface area contributed by atoms with Crippen LogP contribution in [0.5, 0.6) is 0 Å². The number of alkyl halides is 3. The fourth-order valence-corrected chi connectivity index (χ4v) is 2.89. The summed E-state index contributed by atoms with van der Waals surface area (Å²) in [5.41, 5.74) is -3.58. The lowest BCUT2D eigenvalue weighted by Gasteiger charge is -2.26.